The largest absolute Gasteiger partial charge is 0.393 e. The Morgan fingerprint density at radius 2 is 1.85 bits per heavy atom. The first-order valence-corrected chi connectivity index (χ1v) is 8.37. The first-order valence-electron chi connectivity index (χ1n) is 7.96. The lowest BCUT2D eigenvalue weighted by Crippen LogP contribution is -2.47. The van der Waals surface area contributed by atoms with E-state index in [0.717, 1.165) is 38.8 Å². The Hall–Kier alpha value is -0.680. The molecule has 0 spiro atoms. The summed E-state index contributed by atoms with van der Waals surface area (Å²) >= 11 is 5.08. The summed E-state index contributed by atoms with van der Waals surface area (Å²) in [6.07, 6.45) is 9.55. The molecule has 0 bridgehead atoms. The molecule has 114 valence electrons. The number of nitrogens with two attached hydrogens (primary N) is 1. The zero-order chi connectivity index (χ0) is 14.4. The molecular weight excluding hydrogens is 270 g/mol. The van der Waals surface area contributed by atoms with E-state index in [1.165, 1.54) is 25.7 Å². The molecule has 3 N–H and O–H groups in total. The van der Waals surface area contributed by atoms with E-state index in [4.69, 9.17) is 18.0 Å². The number of piperidine rings is 1. The van der Waals surface area contributed by atoms with Crippen molar-refractivity contribution in [3.63, 3.8) is 0 Å². The molecule has 1 aliphatic heterocycles. The molecule has 2 rings (SSSR count). The highest BCUT2D eigenvalue weighted by molar-refractivity contribution is 7.80. The monoisotopic (exact) mass is 297 g/mol. The van der Waals surface area contributed by atoms with Crippen LogP contribution < -0.4 is 11.1 Å². The van der Waals surface area contributed by atoms with Gasteiger partial charge < -0.3 is 11.1 Å². The molecule has 2 fully saturated rings. The molecule has 0 radical (unpaired) electrons. The van der Waals surface area contributed by atoms with Gasteiger partial charge in [0.15, 0.2) is 0 Å². The smallest absolute Gasteiger partial charge is 0.234 e. The summed E-state index contributed by atoms with van der Waals surface area (Å²) in [5, 5.41) is 3.21. The van der Waals surface area contributed by atoms with Gasteiger partial charge in [-0.3, -0.25) is 9.69 Å². The van der Waals surface area contributed by atoms with Crippen LogP contribution in [-0.2, 0) is 4.79 Å². The Labute approximate surface area is 127 Å². The Bertz CT molecular complexity index is 340. The number of rotatable bonds is 4. The highest BCUT2D eigenvalue weighted by Gasteiger charge is 2.24. The predicted octanol–water partition coefficient (Wildman–Crippen LogP) is 1.82. The SMILES string of the molecule is NC(=S)C1CCCN(CC(=O)NC2CCCCCC2)C1. The molecule has 1 saturated carbocycles. The maximum absolute atomic E-state index is 12.2. The maximum Gasteiger partial charge on any atom is 0.234 e. The van der Waals surface area contributed by atoms with Crippen molar-refractivity contribution in [3.8, 4) is 0 Å². The number of amides is 1. The lowest BCUT2D eigenvalue weighted by molar-refractivity contribution is -0.123. The van der Waals surface area contributed by atoms with Gasteiger partial charge in [-0.1, -0.05) is 37.9 Å². The summed E-state index contributed by atoms with van der Waals surface area (Å²) in [7, 11) is 0. The standard InChI is InChI=1S/C15H27N3OS/c16-15(20)12-6-5-9-18(10-12)11-14(19)17-13-7-3-1-2-4-8-13/h12-13H,1-11H2,(H2,16,20)(H,17,19). The van der Waals surface area contributed by atoms with Crippen LogP contribution in [0.15, 0.2) is 0 Å². The highest BCUT2D eigenvalue weighted by Crippen LogP contribution is 2.18. The molecule has 0 aromatic heterocycles. The number of thiocarbonyl (C=S) groups is 1. The molecule has 0 aromatic rings. The molecule has 2 aliphatic rings. The average Bonchev–Trinajstić information content (AvgIpc) is 2.67. The van der Waals surface area contributed by atoms with E-state index in [-0.39, 0.29) is 11.8 Å². The van der Waals surface area contributed by atoms with Crippen molar-refractivity contribution in [2.24, 2.45) is 11.7 Å². The molecule has 1 saturated heterocycles. The van der Waals surface area contributed by atoms with Crippen LogP contribution in [0.1, 0.15) is 51.4 Å². The van der Waals surface area contributed by atoms with Gasteiger partial charge in [0.05, 0.1) is 11.5 Å². The molecule has 1 heterocycles. The third-order valence-corrected chi connectivity index (χ3v) is 4.83. The number of carbonyl (C=O) groups is 1. The van der Waals surface area contributed by atoms with E-state index < -0.39 is 0 Å². The normalized spacial score (nSPS) is 25.9. The molecule has 1 unspecified atom stereocenters. The molecule has 1 aliphatic carbocycles. The second kappa shape index (κ2) is 7.93. The zero-order valence-corrected chi connectivity index (χ0v) is 13.1. The van der Waals surface area contributed by atoms with Crippen LogP contribution in [0.25, 0.3) is 0 Å². The first kappa shape index (κ1) is 15.7. The Balaban J connectivity index is 1.74. The summed E-state index contributed by atoms with van der Waals surface area (Å²) in [5.41, 5.74) is 5.73. The summed E-state index contributed by atoms with van der Waals surface area (Å²) in [6.45, 7) is 2.32. The van der Waals surface area contributed by atoms with Crippen molar-refractivity contribution < 1.29 is 4.79 Å². The molecule has 1 amide bonds. The van der Waals surface area contributed by atoms with Crippen molar-refractivity contribution in [1.82, 2.24) is 10.2 Å². The van der Waals surface area contributed by atoms with Crippen molar-refractivity contribution in [1.29, 1.82) is 0 Å². The summed E-state index contributed by atoms with van der Waals surface area (Å²) in [4.78, 5) is 14.9. The molecule has 5 heteroatoms. The second-order valence-electron chi connectivity index (χ2n) is 6.23. The van der Waals surface area contributed by atoms with Gasteiger partial charge in [-0.25, -0.2) is 0 Å². The molecule has 20 heavy (non-hydrogen) atoms. The van der Waals surface area contributed by atoms with Gasteiger partial charge in [-0.15, -0.1) is 0 Å². The second-order valence-corrected chi connectivity index (χ2v) is 6.70. The molecule has 4 nitrogen and oxygen atoms in total. The lowest BCUT2D eigenvalue weighted by atomic mass is 9.98. The van der Waals surface area contributed by atoms with Crippen molar-refractivity contribution >= 4 is 23.1 Å². The zero-order valence-electron chi connectivity index (χ0n) is 12.3. The van der Waals surface area contributed by atoms with Crippen LogP contribution in [0.4, 0.5) is 0 Å². The van der Waals surface area contributed by atoms with E-state index in [1.807, 2.05) is 0 Å². The van der Waals surface area contributed by atoms with Crippen LogP contribution >= 0.6 is 12.2 Å². The summed E-state index contributed by atoms with van der Waals surface area (Å²) < 4.78 is 0. The average molecular weight is 297 g/mol. The molecular formula is C15H27N3OS. The Morgan fingerprint density at radius 1 is 1.15 bits per heavy atom. The van der Waals surface area contributed by atoms with Crippen LogP contribution in [-0.4, -0.2) is 41.5 Å². The van der Waals surface area contributed by atoms with Gasteiger partial charge in [0, 0.05) is 18.5 Å². The quantitative estimate of drug-likeness (QED) is 0.614. The minimum absolute atomic E-state index is 0.167. The third-order valence-electron chi connectivity index (χ3n) is 4.50. The molecule has 1 atom stereocenters. The van der Waals surface area contributed by atoms with E-state index in [1.54, 1.807) is 0 Å². The van der Waals surface area contributed by atoms with Gasteiger partial charge in [0.25, 0.3) is 0 Å². The van der Waals surface area contributed by atoms with Crippen LogP contribution in [0.2, 0.25) is 0 Å². The third kappa shape index (κ3) is 5.02. The van der Waals surface area contributed by atoms with Gasteiger partial charge in [-0.05, 0) is 32.2 Å². The Morgan fingerprint density at radius 3 is 2.50 bits per heavy atom. The van der Waals surface area contributed by atoms with E-state index in [9.17, 15) is 4.79 Å². The number of hydrogen-bond donors (Lipinski definition) is 2. The first-order chi connectivity index (χ1) is 9.65. The van der Waals surface area contributed by atoms with Gasteiger partial charge in [0.2, 0.25) is 5.91 Å². The number of nitrogens with one attached hydrogen (secondary N) is 1. The molecule has 0 aromatic carbocycles. The van der Waals surface area contributed by atoms with Gasteiger partial charge in [0.1, 0.15) is 0 Å². The Kier molecular flexibility index (Phi) is 6.23. The van der Waals surface area contributed by atoms with E-state index in [2.05, 4.69) is 10.2 Å². The predicted molar refractivity (Wildman–Crippen MR) is 85.6 cm³/mol. The van der Waals surface area contributed by atoms with Crippen molar-refractivity contribution in [3.05, 3.63) is 0 Å². The fraction of sp³-hybridized carbons (Fsp3) is 0.867. The topological polar surface area (TPSA) is 58.4 Å². The van der Waals surface area contributed by atoms with Crippen LogP contribution in [0, 0.1) is 5.92 Å². The highest BCUT2D eigenvalue weighted by atomic mass is 32.1. The number of carbonyl (C=O) groups excluding carboxylic acids is 1. The van der Waals surface area contributed by atoms with Crippen molar-refractivity contribution in [2.45, 2.75) is 57.4 Å². The van der Waals surface area contributed by atoms with Gasteiger partial charge in [-0.2, -0.15) is 0 Å². The van der Waals surface area contributed by atoms with Gasteiger partial charge >= 0.3 is 0 Å². The van der Waals surface area contributed by atoms with E-state index >= 15 is 0 Å². The van der Waals surface area contributed by atoms with Crippen molar-refractivity contribution in [2.75, 3.05) is 19.6 Å². The van der Waals surface area contributed by atoms with Crippen LogP contribution in [0.5, 0.6) is 0 Å². The summed E-state index contributed by atoms with van der Waals surface area (Å²) in [6, 6.07) is 0.390. The summed E-state index contributed by atoms with van der Waals surface area (Å²) in [5.74, 6) is 0.449. The lowest BCUT2D eigenvalue weighted by Gasteiger charge is -2.32. The fourth-order valence-electron chi connectivity index (χ4n) is 3.33. The number of nitrogens with zero attached hydrogens (tertiary/aromatic N) is 1. The van der Waals surface area contributed by atoms with E-state index in [0.29, 0.717) is 17.6 Å². The van der Waals surface area contributed by atoms with Crippen LogP contribution in [0.3, 0.4) is 0 Å². The maximum atomic E-state index is 12.2. The fourth-order valence-corrected chi connectivity index (χ4v) is 3.52. The minimum atomic E-state index is 0.167. The number of hydrogen-bond acceptors (Lipinski definition) is 3. The number of likely N-dealkylation sites (tertiary alicyclic amines) is 1. The minimum Gasteiger partial charge on any atom is -0.393 e.